The first kappa shape index (κ1) is 20.3. The van der Waals surface area contributed by atoms with Crippen LogP contribution in [0.4, 0.5) is 10.5 Å². The summed E-state index contributed by atoms with van der Waals surface area (Å²) in [6.45, 7) is 6.64. The van der Waals surface area contributed by atoms with Gasteiger partial charge in [0.05, 0.1) is 19.9 Å². The molecule has 0 unspecified atom stereocenters. The van der Waals surface area contributed by atoms with Crippen LogP contribution in [0.2, 0.25) is 0 Å². The standard InChI is InChI=1S/C23H27N3O3/c1-15-7-6-8-19(11-15)26-16(2)12-18(17(26)3)14-24-23(27)25-21-10-9-20(28-4)13-22(21)29-5/h6-13H,14H2,1-5H3,(H2,24,25,27). The van der Waals surface area contributed by atoms with Gasteiger partial charge in [-0.1, -0.05) is 12.1 Å². The number of amides is 2. The first-order valence-corrected chi connectivity index (χ1v) is 9.44. The smallest absolute Gasteiger partial charge is 0.319 e. The second-order valence-corrected chi connectivity index (χ2v) is 6.94. The fraction of sp³-hybridized carbons (Fsp3) is 0.261. The van der Waals surface area contributed by atoms with Crippen molar-refractivity contribution in [2.24, 2.45) is 0 Å². The minimum Gasteiger partial charge on any atom is -0.497 e. The van der Waals surface area contributed by atoms with Crippen LogP contribution in [-0.2, 0) is 6.54 Å². The Morgan fingerprint density at radius 3 is 2.48 bits per heavy atom. The van der Waals surface area contributed by atoms with Gasteiger partial charge in [0.2, 0.25) is 0 Å². The third kappa shape index (κ3) is 4.54. The molecule has 3 rings (SSSR count). The molecular formula is C23H27N3O3. The number of rotatable bonds is 6. The van der Waals surface area contributed by atoms with Crippen molar-refractivity contribution in [3.63, 3.8) is 0 Å². The average molecular weight is 393 g/mol. The second-order valence-electron chi connectivity index (χ2n) is 6.94. The summed E-state index contributed by atoms with van der Waals surface area (Å²) in [7, 11) is 3.14. The maximum atomic E-state index is 12.4. The summed E-state index contributed by atoms with van der Waals surface area (Å²) in [4.78, 5) is 12.4. The van der Waals surface area contributed by atoms with Crippen molar-refractivity contribution in [2.75, 3.05) is 19.5 Å². The molecule has 0 fully saturated rings. The lowest BCUT2D eigenvalue weighted by molar-refractivity contribution is 0.251. The summed E-state index contributed by atoms with van der Waals surface area (Å²) in [6, 6.07) is 15.4. The number of methoxy groups -OCH3 is 2. The Kier molecular flexibility index (Phi) is 6.12. The van der Waals surface area contributed by atoms with Crippen molar-refractivity contribution in [3.8, 4) is 17.2 Å². The van der Waals surface area contributed by atoms with E-state index in [0.717, 1.165) is 22.6 Å². The van der Waals surface area contributed by atoms with Gasteiger partial charge in [0.25, 0.3) is 0 Å². The van der Waals surface area contributed by atoms with E-state index >= 15 is 0 Å². The molecule has 1 heterocycles. The van der Waals surface area contributed by atoms with Crippen LogP contribution in [0, 0.1) is 20.8 Å². The molecule has 1 aromatic heterocycles. The predicted octanol–water partition coefficient (Wildman–Crippen LogP) is 4.74. The number of anilines is 1. The molecule has 0 atom stereocenters. The zero-order chi connectivity index (χ0) is 21.0. The maximum Gasteiger partial charge on any atom is 0.319 e. The van der Waals surface area contributed by atoms with Crippen LogP contribution < -0.4 is 20.1 Å². The lowest BCUT2D eigenvalue weighted by Crippen LogP contribution is -2.28. The molecule has 6 heteroatoms. The molecule has 0 bridgehead atoms. The number of aryl methyl sites for hydroxylation is 2. The van der Waals surface area contributed by atoms with E-state index in [9.17, 15) is 4.79 Å². The van der Waals surface area contributed by atoms with Gasteiger partial charge in [0.15, 0.2) is 0 Å². The van der Waals surface area contributed by atoms with Crippen LogP contribution in [-0.4, -0.2) is 24.8 Å². The second kappa shape index (κ2) is 8.73. The largest absolute Gasteiger partial charge is 0.497 e. The van der Waals surface area contributed by atoms with Crippen molar-refractivity contribution in [1.29, 1.82) is 0 Å². The Bertz CT molecular complexity index is 1020. The highest BCUT2D eigenvalue weighted by Crippen LogP contribution is 2.29. The Balaban J connectivity index is 1.71. The Morgan fingerprint density at radius 2 is 1.79 bits per heavy atom. The highest BCUT2D eigenvalue weighted by Gasteiger charge is 2.13. The van der Waals surface area contributed by atoms with Crippen LogP contribution in [0.25, 0.3) is 5.69 Å². The number of nitrogens with zero attached hydrogens (tertiary/aromatic N) is 1. The van der Waals surface area contributed by atoms with E-state index < -0.39 is 0 Å². The van der Waals surface area contributed by atoms with E-state index in [1.54, 1.807) is 32.4 Å². The molecule has 0 radical (unpaired) electrons. The number of hydrogen-bond acceptors (Lipinski definition) is 3. The molecule has 6 nitrogen and oxygen atoms in total. The van der Waals surface area contributed by atoms with Gasteiger partial charge >= 0.3 is 6.03 Å². The third-order valence-corrected chi connectivity index (χ3v) is 4.89. The molecule has 0 aliphatic rings. The number of nitrogens with one attached hydrogen (secondary N) is 2. The summed E-state index contributed by atoms with van der Waals surface area (Å²) in [5.41, 5.74) is 6.22. The normalized spacial score (nSPS) is 10.5. The Morgan fingerprint density at radius 1 is 1.00 bits per heavy atom. The van der Waals surface area contributed by atoms with Crippen molar-refractivity contribution in [2.45, 2.75) is 27.3 Å². The van der Waals surface area contributed by atoms with E-state index in [4.69, 9.17) is 9.47 Å². The van der Waals surface area contributed by atoms with Gasteiger partial charge in [-0.15, -0.1) is 0 Å². The van der Waals surface area contributed by atoms with Gasteiger partial charge in [-0.05, 0) is 62.2 Å². The van der Waals surface area contributed by atoms with Crippen LogP contribution in [0.15, 0.2) is 48.5 Å². The minimum atomic E-state index is -0.297. The van der Waals surface area contributed by atoms with Gasteiger partial charge < -0.3 is 24.7 Å². The van der Waals surface area contributed by atoms with Gasteiger partial charge in [-0.2, -0.15) is 0 Å². The zero-order valence-corrected chi connectivity index (χ0v) is 17.5. The molecule has 0 saturated heterocycles. The first-order valence-electron chi connectivity index (χ1n) is 9.44. The number of carbonyl (C=O) groups is 1. The first-order chi connectivity index (χ1) is 13.9. The number of carbonyl (C=O) groups excluding carboxylic acids is 1. The maximum absolute atomic E-state index is 12.4. The monoisotopic (exact) mass is 393 g/mol. The van der Waals surface area contributed by atoms with Crippen LogP contribution >= 0.6 is 0 Å². The van der Waals surface area contributed by atoms with Crippen molar-refractivity contribution < 1.29 is 14.3 Å². The van der Waals surface area contributed by atoms with Crippen LogP contribution in [0.1, 0.15) is 22.5 Å². The molecule has 152 valence electrons. The zero-order valence-electron chi connectivity index (χ0n) is 17.5. The molecule has 2 N–H and O–H groups in total. The summed E-state index contributed by atoms with van der Waals surface area (Å²) >= 11 is 0. The fourth-order valence-electron chi connectivity index (χ4n) is 3.42. The molecule has 0 aliphatic carbocycles. The van der Waals surface area contributed by atoms with E-state index in [1.807, 2.05) is 0 Å². The number of aromatic nitrogens is 1. The van der Waals surface area contributed by atoms with E-state index in [1.165, 1.54) is 5.56 Å². The highest BCUT2D eigenvalue weighted by atomic mass is 16.5. The van der Waals surface area contributed by atoms with Crippen LogP contribution in [0.5, 0.6) is 11.5 Å². The molecule has 0 aliphatic heterocycles. The lowest BCUT2D eigenvalue weighted by Gasteiger charge is -2.13. The molecular weight excluding hydrogens is 366 g/mol. The van der Waals surface area contributed by atoms with Gasteiger partial charge in [0.1, 0.15) is 11.5 Å². The molecule has 0 spiro atoms. The van der Waals surface area contributed by atoms with E-state index in [-0.39, 0.29) is 6.03 Å². The van der Waals surface area contributed by atoms with E-state index in [0.29, 0.717) is 23.7 Å². The number of urea groups is 1. The fourth-order valence-corrected chi connectivity index (χ4v) is 3.42. The average Bonchev–Trinajstić information content (AvgIpc) is 3.00. The van der Waals surface area contributed by atoms with Crippen LogP contribution in [0.3, 0.4) is 0 Å². The number of ether oxygens (including phenoxy) is 2. The summed E-state index contributed by atoms with van der Waals surface area (Å²) in [6.07, 6.45) is 0. The number of hydrogen-bond donors (Lipinski definition) is 2. The molecule has 2 aromatic carbocycles. The van der Waals surface area contributed by atoms with Gasteiger partial charge in [-0.25, -0.2) is 4.79 Å². The minimum absolute atomic E-state index is 0.297. The number of benzene rings is 2. The van der Waals surface area contributed by atoms with Crippen molar-refractivity contribution in [1.82, 2.24) is 9.88 Å². The Labute approximate surface area is 171 Å². The lowest BCUT2D eigenvalue weighted by atomic mass is 10.2. The Hall–Kier alpha value is -3.41. The topological polar surface area (TPSA) is 64.5 Å². The summed E-state index contributed by atoms with van der Waals surface area (Å²) in [5.74, 6) is 1.20. The predicted molar refractivity (Wildman–Crippen MR) is 115 cm³/mol. The molecule has 2 amide bonds. The van der Waals surface area contributed by atoms with Gasteiger partial charge in [-0.3, -0.25) is 0 Å². The molecule has 3 aromatic rings. The quantitative estimate of drug-likeness (QED) is 0.636. The molecule has 29 heavy (non-hydrogen) atoms. The summed E-state index contributed by atoms with van der Waals surface area (Å²) < 4.78 is 12.7. The third-order valence-electron chi connectivity index (χ3n) is 4.89. The van der Waals surface area contributed by atoms with E-state index in [2.05, 4.69) is 66.3 Å². The van der Waals surface area contributed by atoms with Crippen molar-refractivity contribution in [3.05, 3.63) is 71.0 Å². The molecule has 0 saturated carbocycles. The SMILES string of the molecule is COc1ccc(NC(=O)NCc2cc(C)n(-c3cccc(C)c3)c2C)c(OC)c1. The summed E-state index contributed by atoms with van der Waals surface area (Å²) in [5, 5.41) is 5.75. The highest BCUT2D eigenvalue weighted by molar-refractivity contribution is 5.91. The van der Waals surface area contributed by atoms with Crippen molar-refractivity contribution >= 4 is 11.7 Å². The van der Waals surface area contributed by atoms with Gasteiger partial charge in [0, 0.05) is 29.7 Å².